The van der Waals surface area contributed by atoms with Gasteiger partial charge in [0.15, 0.2) is 0 Å². The highest BCUT2D eigenvalue weighted by atomic mass is 16.5. The number of rotatable bonds is 5. The monoisotopic (exact) mass is 243 g/mol. The third-order valence-corrected chi connectivity index (χ3v) is 2.81. The molecule has 18 heavy (non-hydrogen) atoms. The summed E-state index contributed by atoms with van der Waals surface area (Å²) in [6.07, 6.45) is 5.14. The Bertz CT molecular complexity index is 487. The number of aromatic nitrogens is 2. The zero-order valence-corrected chi connectivity index (χ0v) is 10.6. The van der Waals surface area contributed by atoms with Gasteiger partial charge in [-0.05, 0) is 13.0 Å². The van der Waals surface area contributed by atoms with Crippen LogP contribution in [-0.2, 0) is 6.54 Å². The Morgan fingerprint density at radius 1 is 1.28 bits per heavy atom. The summed E-state index contributed by atoms with van der Waals surface area (Å²) >= 11 is 0. The summed E-state index contributed by atoms with van der Waals surface area (Å²) in [7, 11) is 1.69. The molecule has 0 bridgehead atoms. The van der Waals surface area contributed by atoms with Gasteiger partial charge in [-0.1, -0.05) is 18.2 Å². The zero-order valence-electron chi connectivity index (χ0n) is 10.6. The van der Waals surface area contributed by atoms with Crippen molar-refractivity contribution in [2.75, 3.05) is 7.11 Å². The van der Waals surface area contributed by atoms with Crippen LogP contribution < -0.4 is 10.1 Å². The Hall–Kier alpha value is -1.94. The third-order valence-electron chi connectivity index (χ3n) is 2.81. The molecule has 0 saturated heterocycles. The van der Waals surface area contributed by atoms with E-state index in [9.17, 15) is 0 Å². The topological polar surface area (TPSA) is 47.0 Å². The molecule has 4 nitrogen and oxygen atoms in total. The second kappa shape index (κ2) is 6.12. The molecule has 0 spiro atoms. The van der Waals surface area contributed by atoms with Crippen LogP contribution in [-0.4, -0.2) is 17.1 Å². The number of nitrogens with one attached hydrogen (secondary N) is 1. The van der Waals surface area contributed by atoms with Crippen molar-refractivity contribution < 1.29 is 4.74 Å². The molecule has 94 valence electrons. The van der Waals surface area contributed by atoms with Crippen molar-refractivity contribution in [1.82, 2.24) is 15.3 Å². The van der Waals surface area contributed by atoms with Crippen molar-refractivity contribution in [2.45, 2.75) is 19.5 Å². The van der Waals surface area contributed by atoms with Crippen molar-refractivity contribution in [2.24, 2.45) is 0 Å². The average molecular weight is 243 g/mol. The van der Waals surface area contributed by atoms with Crippen LogP contribution in [0.4, 0.5) is 0 Å². The smallest absolute Gasteiger partial charge is 0.123 e. The van der Waals surface area contributed by atoms with E-state index in [0.29, 0.717) is 6.54 Å². The van der Waals surface area contributed by atoms with Crippen LogP contribution >= 0.6 is 0 Å². The van der Waals surface area contributed by atoms with Crippen molar-refractivity contribution in [3.63, 3.8) is 0 Å². The number of methoxy groups -OCH3 is 1. The molecule has 1 unspecified atom stereocenters. The first-order valence-corrected chi connectivity index (χ1v) is 5.92. The standard InChI is InChI=1S/C14H17N3O/c1-11(13-5-3-4-6-14(13)18-2)17-10-12-9-15-7-8-16-12/h3-9,11,17H,10H2,1-2H3. The summed E-state index contributed by atoms with van der Waals surface area (Å²) in [6, 6.07) is 8.21. The molecule has 1 heterocycles. The summed E-state index contributed by atoms with van der Waals surface area (Å²) < 4.78 is 5.35. The molecule has 0 radical (unpaired) electrons. The van der Waals surface area contributed by atoms with Crippen LogP contribution in [0.25, 0.3) is 0 Å². The fourth-order valence-corrected chi connectivity index (χ4v) is 1.81. The summed E-state index contributed by atoms with van der Waals surface area (Å²) in [5.41, 5.74) is 2.07. The number of hydrogen-bond acceptors (Lipinski definition) is 4. The van der Waals surface area contributed by atoms with Gasteiger partial charge in [0.1, 0.15) is 5.75 Å². The largest absolute Gasteiger partial charge is 0.496 e. The summed E-state index contributed by atoms with van der Waals surface area (Å²) in [5, 5.41) is 3.41. The van der Waals surface area contributed by atoms with Gasteiger partial charge in [-0.25, -0.2) is 0 Å². The molecular weight excluding hydrogens is 226 g/mol. The van der Waals surface area contributed by atoms with E-state index in [1.54, 1.807) is 25.7 Å². The molecule has 1 aromatic carbocycles. The first-order valence-electron chi connectivity index (χ1n) is 5.92. The van der Waals surface area contributed by atoms with Gasteiger partial charge in [0.05, 0.1) is 12.8 Å². The second-order valence-corrected chi connectivity index (χ2v) is 4.04. The van der Waals surface area contributed by atoms with Crippen LogP contribution in [0.2, 0.25) is 0 Å². The lowest BCUT2D eigenvalue weighted by molar-refractivity contribution is 0.401. The van der Waals surface area contributed by atoms with E-state index in [-0.39, 0.29) is 6.04 Å². The fourth-order valence-electron chi connectivity index (χ4n) is 1.81. The molecule has 1 N–H and O–H groups in total. The van der Waals surface area contributed by atoms with E-state index in [0.717, 1.165) is 17.0 Å². The van der Waals surface area contributed by atoms with Gasteiger partial charge >= 0.3 is 0 Å². The molecule has 0 aliphatic heterocycles. The minimum Gasteiger partial charge on any atom is -0.496 e. The third kappa shape index (κ3) is 3.05. The molecule has 0 aliphatic carbocycles. The van der Waals surface area contributed by atoms with Crippen molar-refractivity contribution in [1.29, 1.82) is 0 Å². The molecule has 1 atom stereocenters. The number of ether oxygens (including phenoxy) is 1. The second-order valence-electron chi connectivity index (χ2n) is 4.04. The summed E-state index contributed by atoms with van der Waals surface area (Å²) in [5.74, 6) is 0.900. The number of benzene rings is 1. The minimum absolute atomic E-state index is 0.197. The molecule has 2 aromatic rings. The highest BCUT2D eigenvalue weighted by Crippen LogP contribution is 2.24. The maximum absolute atomic E-state index is 5.35. The van der Waals surface area contributed by atoms with Crippen LogP contribution in [0, 0.1) is 0 Å². The van der Waals surface area contributed by atoms with Crippen molar-refractivity contribution in [3.8, 4) is 5.75 Å². The van der Waals surface area contributed by atoms with E-state index in [4.69, 9.17) is 4.74 Å². The van der Waals surface area contributed by atoms with E-state index in [1.165, 1.54) is 0 Å². The SMILES string of the molecule is COc1ccccc1C(C)NCc1cnccn1. The van der Waals surface area contributed by atoms with Gasteiger partial charge < -0.3 is 10.1 Å². The van der Waals surface area contributed by atoms with Crippen LogP contribution in [0.5, 0.6) is 5.75 Å². The molecular formula is C14H17N3O. The molecule has 4 heteroatoms. The highest BCUT2D eigenvalue weighted by Gasteiger charge is 2.10. The highest BCUT2D eigenvalue weighted by molar-refractivity contribution is 5.35. The number of para-hydroxylation sites is 1. The van der Waals surface area contributed by atoms with Gasteiger partial charge in [-0.3, -0.25) is 9.97 Å². The van der Waals surface area contributed by atoms with Crippen molar-refractivity contribution >= 4 is 0 Å². The lowest BCUT2D eigenvalue weighted by Crippen LogP contribution is -2.19. The van der Waals surface area contributed by atoms with Crippen molar-refractivity contribution in [3.05, 3.63) is 54.1 Å². The zero-order chi connectivity index (χ0) is 12.8. The Morgan fingerprint density at radius 2 is 2.11 bits per heavy atom. The van der Waals surface area contributed by atoms with Gasteiger partial charge in [-0.15, -0.1) is 0 Å². The quantitative estimate of drug-likeness (QED) is 0.875. The molecule has 0 amide bonds. The number of hydrogen-bond donors (Lipinski definition) is 1. The maximum Gasteiger partial charge on any atom is 0.123 e. The van der Waals surface area contributed by atoms with Crippen LogP contribution in [0.15, 0.2) is 42.9 Å². The molecule has 1 aromatic heterocycles. The van der Waals surface area contributed by atoms with E-state index in [1.807, 2.05) is 18.2 Å². The van der Waals surface area contributed by atoms with Crippen LogP contribution in [0.3, 0.4) is 0 Å². The maximum atomic E-state index is 5.35. The molecule has 0 fully saturated rings. The fraction of sp³-hybridized carbons (Fsp3) is 0.286. The molecule has 2 rings (SSSR count). The summed E-state index contributed by atoms with van der Waals surface area (Å²) in [4.78, 5) is 8.27. The Morgan fingerprint density at radius 3 is 2.83 bits per heavy atom. The normalized spacial score (nSPS) is 12.1. The first-order chi connectivity index (χ1) is 8.81. The molecule has 0 aliphatic rings. The van der Waals surface area contributed by atoms with Gasteiger partial charge in [0, 0.05) is 36.7 Å². The predicted octanol–water partition coefficient (Wildman–Crippen LogP) is 2.34. The van der Waals surface area contributed by atoms with Gasteiger partial charge in [-0.2, -0.15) is 0 Å². The average Bonchev–Trinajstić information content (AvgIpc) is 2.45. The first kappa shape index (κ1) is 12.5. The van der Waals surface area contributed by atoms with E-state index in [2.05, 4.69) is 28.3 Å². The number of nitrogens with zero attached hydrogens (tertiary/aromatic N) is 2. The van der Waals surface area contributed by atoms with Crippen LogP contribution in [0.1, 0.15) is 24.2 Å². The molecule has 0 saturated carbocycles. The summed E-state index contributed by atoms with van der Waals surface area (Å²) in [6.45, 7) is 2.79. The Labute approximate surface area is 107 Å². The minimum atomic E-state index is 0.197. The van der Waals surface area contributed by atoms with Gasteiger partial charge in [0.25, 0.3) is 0 Å². The predicted molar refractivity (Wildman–Crippen MR) is 70.3 cm³/mol. The lowest BCUT2D eigenvalue weighted by atomic mass is 10.1. The van der Waals surface area contributed by atoms with E-state index < -0.39 is 0 Å². The Kier molecular flexibility index (Phi) is 4.25. The Balaban J connectivity index is 2.01. The van der Waals surface area contributed by atoms with E-state index >= 15 is 0 Å². The lowest BCUT2D eigenvalue weighted by Gasteiger charge is -2.16. The van der Waals surface area contributed by atoms with Gasteiger partial charge in [0.2, 0.25) is 0 Å².